The van der Waals surface area contributed by atoms with Crippen molar-refractivity contribution in [3.63, 3.8) is 0 Å². The van der Waals surface area contributed by atoms with E-state index in [1.807, 2.05) is 35.8 Å². The summed E-state index contributed by atoms with van der Waals surface area (Å²) < 4.78 is 1.93. The third-order valence-corrected chi connectivity index (χ3v) is 3.94. The molecule has 3 aromatic rings. The number of aromatic carboxylic acids is 1. The van der Waals surface area contributed by atoms with Crippen molar-refractivity contribution in [2.75, 3.05) is 0 Å². The Bertz CT molecular complexity index is 826. The molecule has 1 atom stereocenters. The van der Waals surface area contributed by atoms with E-state index in [9.17, 15) is 4.79 Å². The number of aromatic nitrogens is 2. The van der Waals surface area contributed by atoms with Gasteiger partial charge in [0.25, 0.3) is 0 Å². The predicted molar refractivity (Wildman–Crippen MR) is 82.0 cm³/mol. The molecule has 3 rings (SSSR count). The fourth-order valence-corrected chi connectivity index (χ4v) is 2.73. The molecule has 1 N–H and O–H groups in total. The first-order valence-electron chi connectivity index (χ1n) is 6.52. The van der Waals surface area contributed by atoms with Crippen LogP contribution in [0.5, 0.6) is 0 Å². The fraction of sp³-hybridized carbons (Fsp3) is 0.125. The molecular formula is C16H13ClN2O2. The van der Waals surface area contributed by atoms with Crippen LogP contribution in [0.3, 0.4) is 0 Å². The standard InChI is InChI=1S/C16H13ClN2O2/c1-10(12-4-2-3-5-13(12)17)19-9-18-14-7-6-11(16(20)21)8-15(14)19/h2-10H,1H3,(H,20,21). The fourth-order valence-electron chi connectivity index (χ4n) is 2.43. The number of halogens is 1. The van der Waals surface area contributed by atoms with E-state index in [2.05, 4.69) is 4.98 Å². The molecule has 4 nitrogen and oxygen atoms in total. The second-order valence-electron chi connectivity index (χ2n) is 4.86. The predicted octanol–water partition coefficient (Wildman–Crippen LogP) is 4.00. The molecule has 0 saturated heterocycles. The number of imidazole rings is 1. The monoisotopic (exact) mass is 300 g/mol. The van der Waals surface area contributed by atoms with E-state index < -0.39 is 5.97 Å². The first kappa shape index (κ1) is 13.6. The summed E-state index contributed by atoms with van der Waals surface area (Å²) >= 11 is 6.24. The van der Waals surface area contributed by atoms with Crippen molar-refractivity contribution in [1.82, 2.24) is 9.55 Å². The molecule has 106 valence electrons. The summed E-state index contributed by atoms with van der Waals surface area (Å²) in [5, 5.41) is 9.80. The molecule has 1 heterocycles. The summed E-state index contributed by atoms with van der Waals surface area (Å²) in [4.78, 5) is 15.4. The highest BCUT2D eigenvalue weighted by molar-refractivity contribution is 6.31. The molecule has 21 heavy (non-hydrogen) atoms. The maximum absolute atomic E-state index is 11.1. The van der Waals surface area contributed by atoms with Crippen LogP contribution in [0.15, 0.2) is 48.8 Å². The molecule has 1 aromatic heterocycles. The zero-order valence-electron chi connectivity index (χ0n) is 11.3. The van der Waals surface area contributed by atoms with Crippen LogP contribution in [0.2, 0.25) is 5.02 Å². The van der Waals surface area contributed by atoms with Gasteiger partial charge in [0.05, 0.1) is 29.0 Å². The van der Waals surface area contributed by atoms with Gasteiger partial charge in [-0.2, -0.15) is 0 Å². The van der Waals surface area contributed by atoms with E-state index in [1.165, 1.54) is 0 Å². The molecule has 0 spiro atoms. The van der Waals surface area contributed by atoms with Gasteiger partial charge in [0.2, 0.25) is 0 Å². The Balaban J connectivity index is 2.14. The molecule has 0 saturated carbocycles. The van der Waals surface area contributed by atoms with Gasteiger partial charge in [-0.1, -0.05) is 29.8 Å². The van der Waals surface area contributed by atoms with Crippen molar-refractivity contribution < 1.29 is 9.90 Å². The van der Waals surface area contributed by atoms with Gasteiger partial charge < -0.3 is 9.67 Å². The lowest BCUT2D eigenvalue weighted by molar-refractivity contribution is 0.0697. The zero-order chi connectivity index (χ0) is 15.0. The van der Waals surface area contributed by atoms with Crippen LogP contribution in [-0.4, -0.2) is 20.6 Å². The highest BCUT2D eigenvalue weighted by atomic mass is 35.5. The van der Waals surface area contributed by atoms with Gasteiger partial charge >= 0.3 is 5.97 Å². The zero-order valence-corrected chi connectivity index (χ0v) is 12.1. The lowest BCUT2D eigenvalue weighted by Gasteiger charge is -2.16. The van der Waals surface area contributed by atoms with Gasteiger partial charge in [-0.25, -0.2) is 9.78 Å². The smallest absolute Gasteiger partial charge is 0.335 e. The Morgan fingerprint density at radius 2 is 2.05 bits per heavy atom. The third kappa shape index (κ3) is 2.38. The summed E-state index contributed by atoms with van der Waals surface area (Å²) in [5.74, 6) is -0.949. The Kier molecular flexibility index (Phi) is 3.39. The Morgan fingerprint density at radius 1 is 1.29 bits per heavy atom. The first-order valence-corrected chi connectivity index (χ1v) is 6.90. The van der Waals surface area contributed by atoms with Crippen LogP contribution in [-0.2, 0) is 0 Å². The molecule has 0 aliphatic heterocycles. The number of carboxylic acid groups (broad SMARTS) is 1. The largest absolute Gasteiger partial charge is 0.478 e. The second kappa shape index (κ2) is 5.22. The Labute approximate surface area is 126 Å². The molecule has 0 fully saturated rings. The molecule has 0 bridgehead atoms. The number of benzene rings is 2. The topological polar surface area (TPSA) is 55.1 Å². The minimum absolute atomic E-state index is 0.0345. The summed E-state index contributed by atoms with van der Waals surface area (Å²) in [5.41, 5.74) is 2.76. The van der Waals surface area contributed by atoms with Crippen molar-refractivity contribution >= 4 is 28.6 Å². The van der Waals surface area contributed by atoms with Gasteiger partial charge in [-0.3, -0.25) is 0 Å². The Morgan fingerprint density at radius 3 is 2.76 bits per heavy atom. The number of carbonyl (C=O) groups is 1. The van der Waals surface area contributed by atoms with Crippen LogP contribution in [0, 0.1) is 0 Å². The van der Waals surface area contributed by atoms with Crippen LogP contribution in [0.4, 0.5) is 0 Å². The van der Waals surface area contributed by atoms with Gasteiger partial charge in [0.1, 0.15) is 0 Å². The van der Waals surface area contributed by atoms with Gasteiger partial charge in [-0.15, -0.1) is 0 Å². The summed E-state index contributed by atoms with van der Waals surface area (Å²) in [6.07, 6.45) is 1.71. The van der Waals surface area contributed by atoms with E-state index in [1.54, 1.807) is 24.5 Å². The average Bonchev–Trinajstić information content (AvgIpc) is 2.90. The van der Waals surface area contributed by atoms with Gasteiger partial charge in [0, 0.05) is 5.02 Å². The van der Waals surface area contributed by atoms with Crippen LogP contribution in [0.25, 0.3) is 11.0 Å². The van der Waals surface area contributed by atoms with Crippen molar-refractivity contribution in [2.24, 2.45) is 0 Å². The van der Waals surface area contributed by atoms with Gasteiger partial charge in [0.15, 0.2) is 0 Å². The lowest BCUT2D eigenvalue weighted by atomic mass is 10.1. The van der Waals surface area contributed by atoms with Crippen molar-refractivity contribution in [3.05, 3.63) is 64.9 Å². The molecule has 5 heteroatoms. The van der Waals surface area contributed by atoms with Crippen LogP contribution >= 0.6 is 11.6 Å². The average molecular weight is 301 g/mol. The maximum atomic E-state index is 11.1. The number of rotatable bonds is 3. The molecule has 0 aliphatic carbocycles. The number of carboxylic acids is 1. The first-order chi connectivity index (χ1) is 10.1. The minimum atomic E-state index is -0.949. The molecule has 0 aliphatic rings. The molecular weight excluding hydrogens is 288 g/mol. The highest BCUT2D eigenvalue weighted by Crippen LogP contribution is 2.28. The van der Waals surface area contributed by atoms with Crippen molar-refractivity contribution in [2.45, 2.75) is 13.0 Å². The van der Waals surface area contributed by atoms with E-state index in [4.69, 9.17) is 16.7 Å². The number of fused-ring (bicyclic) bond motifs is 1. The highest BCUT2D eigenvalue weighted by Gasteiger charge is 2.15. The van der Waals surface area contributed by atoms with E-state index >= 15 is 0 Å². The van der Waals surface area contributed by atoms with E-state index in [-0.39, 0.29) is 11.6 Å². The normalized spacial score (nSPS) is 12.5. The van der Waals surface area contributed by atoms with E-state index in [0.29, 0.717) is 5.02 Å². The molecule has 1 unspecified atom stereocenters. The van der Waals surface area contributed by atoms with Crippen molar-refractivity contribution in [3.8, 4) is 0 Å². The second-order valence-corrected chi connectivity index (χ2v) is 5.27. The summed E-state index contributed by atoms with van der Waals surface area (Å²) in [6, 6.07) is 12.5. The summed E-state index contributed by atoms with van der Waals surface area (Å²) in [7, 11) is 0. The van der Waals surface area contributed by atoms with Crippen molar-refractivity contribution in [1.29, 1.82) is 0 Å². The van der Waals surface area contributed by atoms with Crippen LogP contribution in [0.1, 0.15) is 28.9 Å². The minimum Gasteiger partial charge on any atom is -0.478 e. The Hall–Kier alpha value is -2.33. The van der Waals surface area contributed by atoms with Crippen LogP contribution < -0.4 is 0 Å². The number of nitrogens with zero attached hydrogens (tertiary/aromatic N) is 2. The SMILES string of the molecule is CC(c1ccccc1Cl)n1cnc2ccc(C(=O)O)cc21. The molecule has 2 aromatic carbocycles. The maximum Gasteiger partial charge on any atom is 0.335 e. The molecule has 0 amide bonds. The quantitative estimate of drug-likeness (QED) is 0.795. The lowest BCUT2D eigenvalue weighted by Crippen LogP contribution is -2.06. The third-order valence-electron chi connectivity index (χ3n) is 3.59. The summed E-state index contributed by atoms with van der Waals surface area (Å²) in [6.45, 7) is 2.01. The molecule has 0 radical (unpaired) electrons. The number of hydrogen-bond donors (Lipinski definition) is 1. The number of hydrogen-bond acceptors (Lipinski definition) is 2. The van der Waals surface area contributed by atoms with Gasteiger partial charge in [-0.05, 0) is 36.8 Å². The van der Waals surface area contributed by atoms with E-state index in [0.717, 1.165) is 16.6 Å².